The Balaban J connectivity index is 0. The van der Waals surface area contributed by atoms with Gasteiger partial charge >= 0.3 is 0 Å². The van der Waals surface area contributed by atoms with Crippen LogP contribution in [0.5, 0.6) is 0 Å². The maximum atomic E-state index is 8.94. The molecule has 0 aliphatic rings. The molecule has 2 N–H and O–H groups in total. The van der Waals surface area contributed by atoms with Crippen molar-refractivity contribution < 1.29 is 9.77 Å². The number of aliphatic hydroxyl groups is 1. The van der Waals surface area contributed by atoms with Gasteiger partial charge in [0.15, 0.2) is 0 Å². The van der Waals surface area contributed by atoms with Crippen molar-refractivity contribution in [1.82, 2.24) is 4.90 Å². The fourth-order valence-corrected chi connectivity index (χ4v) is 0.752. The van der Waals surface area contributed by atoms with E-state index in [-0.39, 0.29) is 6.23 Å². The van der Waals surface area contributed by atoms with Gasteiger partial charge in [0.1, 0.15) is 6.23 Å². The summed E-state index contributed by atoms with van der Waals surface area (Å²) in [5.41, 5.74) is 0. The molecule has 0 spiro atoms. The first-order valence-electron chi connectivity index (χ1n) is 3.31. The topological polar surface area (TPSA) is 43.7 Å². The van der Waals surface area contributed by atoms with Crippen molar-refractivity contribution in [3.63, 3.8) is 0 Å². The van der Waals surface area contributed by atoms with Gasteiger partial charge in [-0.2, -0.15) is 0 Å². The third-order valence-corrected chi connectivity index (χ3v) is 1.34. The predicted molar refractivity (Wildman–Crippen MR) is 42.7 cm³/mol. The largest absolute Gasteiger partial charge is 0.379 e. The van der Waals surface area contributed by atoms with E-state index in [0.717, 1.165) is 13.1 Å². The summed E-state index contributed by atoms with van der Waals surface area (Å²) in [6, 6.07) is 0. The summed E-state index contributed by atoms with van der Waals surface area (Å²) in [6.07, 6.45) is -0.287. The van der Waals surface area contributed by atoms with Gasteiger partial charge in [0.2, 0.25) is 0 Å². The van der Waals surface area contributed by atoms with Gasteiger partial charge in [0.05, 0.1) is 11.9 Å². The van der Waals surface area contributed by atoms with E-state index in [9.17, 15) is 0 Å². The van der Waals surface area contributed by atoms with E-state index in [4.69, 9.17) is 9.77 Å². The lowest BCUT2D eigenvalue weighted by atomic mass is 10.5. The monoisotopic (exact) mass is 169 g/mol. The molecule has 0 heterocycles. The molecule has 0 bridgehead atoms. The van der Waals surface area contributed by atoms with Crippen LogP contribution in [0.2, 0.25) is 0 Å². The molecular formula is C6H16ClNO2. The summed E-state index contributed by atoms with van der Waals surface area (Å²) in [7, 11) is 0. The Labute approximate surface area is 67.4 Å². The first-order valence-corrected chi connectivity index (χ1v) is 3.65. The standard InChI is InChI=1S/C6H15NO.ClHO/c1-4-7(5-2)6(3)8;1-2/h6,8H,4-5H2,1-3H3;2H. The number of aliphatic hydroxyl groups excluding tert-OH is 1. The molecule has 3 nitrogen and oxygen atoms in total. The second-order valence-electron chi connectivity index (χ2n) is 1.85. The van der Waals surface area contributed by atoms with Crippen molar-refractivity contribution in [3.8, 4) is 0 Å². The lowest BCUT2D eigenvalue weighted by molar-refractivity contribution is 0.0265. The quantitative estimate of drug-likeness (QED) is 0.615. The molecule has 0 rings (SSSR count). The fraction of sp³-hybridized carbons (Fsp3) is 1.00. The summed E-state index contributed by atoms with van der Waals surface area (Å²) in [4.78, 5) is 1.97. The summed E-state index contributed by atoms with van der Waals surface area (Å²) in [5.74, 6) is 0. The second kappa shape index (κ2) is 9.17. The molecule has 0 aromatic carbocycles. The Morgan fingerprint density at radius 2 is 1.60 bits per heavy atom. The Kier molecular flexibility index (Phi) is 11.7. The van der Waals surface area contributed by atoms with Crippen molar-refractivity contribution in [3.05, 3.63) is 0 Å². The van der Waals surface area contributed by atoms with E-state index >= 15 is 0 Å². The third kappa shape index (κ3) is 6.29. The number of rotatable bonds is 3. The van der Waals surface area contributed by atoms with Crippen LogP contribution in [0.4, 0.5) is 0 Å². The second-order valence-corrected chi connectivity index (χ2v) is 1.85. The highest BCUT2D eigenvalue weighted by Crippen LogP contribution is 1.91. The van der Waals surface area contributed by atoms with E-state index in [0.29, 0.717) is 0 Å². The normalized spacial score (nSPS) is 12.3. The van der Waals surface area contributed by atoms with Crippen LogP contribution in [0.3, 0.4) is 0 Å². The minimum atomic E-state index is -0.287. The average Bonchev–Trinajstić information content (AvgIpc) is 1.94. The fourth-order valence-electron chi connectivity index (χ4n) is 0.752. The van der Waals surface area contributed by atoms with E-state index in [1.54, 1.807) is 6.92 Å². The first-order chi connectivity index (χ1) is 4.72. The van der Waals surface area contributed by atoms with E-state index in [2.05, 4.69) is 11.9 Å². The van der Waals surface area contributed by atoms with E-state index in [1.807, 2.05) is 18.7 Å². The third-order valence-electron chi connectivity index (χ3n) is 1.34. The summed E-state index contributed by atoms with van der Waals surface area (Å²) < 4.78 is 6.47. The number of halogens is 1. The molecule has 0 aromatic heterocycles. The van der Waals surface area contributed by atoms with Crippen molar-refractivity contribution in [2.45, 2.75) is 27.0 Å². The molecule has 0 aliphatic heterocycles. The van der Waals surface area contributed by atoms with Gasteiger partial charge in [-0.25, -0.2) is 0 Å². The van der Waals surface area contributed by atoms with Crippen molar-refractivity contribution in [1.29, 1.82) is 0 Å². The molecule has 4 heteroatoms. The number of hydrogen-bond donors (Lipinski definition) is 2. The molecule has 0 saturated carbocycles. The lowest BCUT2D eigenvalue weighted by Crippen LogP contribution is -2.32. The van der Waals surface area contributed by atoms with Gasteiger partial charge in [-0.15, -0.1) is 0 Å². The molecule has 64 valence electrons. The summed E-state index contributed by atoms with van der Waals surface area (Å²) in [6.45, 7) is 7.71. The Bertz CT molecular complexity index is 57.7. The minimum Gasteiger partial charge on any atom is -0.379 e. The van der Waals surface area contributed by atoms with E-state index < -0.39 is 0 Å². The Morgan fingerprint density at radius 3 is 1.60 bits per heavy atom. The molecular weight excluding hydrogens is 154 g/mol. The van der Waals surface area contributed by atoms with Gasteiger partial charge in [-0.05, 0) is 20.0 Å². The molecule has 1 unspecified atom stereocenters. The van der Waals surface area contributed by atoms with Crippen LogP contribution in [-0.2, 0) is 0 Å². The molecule has 0 saturated heterocycles. The average molecular weight is 170 g/mol. The molecule has 1 atom stereocenters. The van der Waals surface area contributed by atoms with Gasteiger partial charge in [0, 0.05) is 0 Å². The Morgan fingerprint density at radius 1 is 1.30 bits per heavy atom. The van der Waals surface area contributed by atoms with Crippen LogP contribution < -0.4 is 0 Å². The number of nitrogens with zero attached hydrogens (tertiary/aromatic N) is 1. The van der Waals surface area contributed by atoms with Crippen LogP contribution in [0.15, 0.2) is 0 Å². The highest BCUT2D eigenvalue weighted by atomic mass is 35.5. The van der Waals surface area contributed by atoms with Crippen LogP contribution in [0, 0.1) is 0 Å². The molecule has 0 aliphatic carbocycles. The van der Waals surface area contributed by atoms with Crippen molar-refractivity contribution in [2.75, 3.05) is 13.1 Å². The molecule has 10 heavy (non-hydrogen) atoms. The predicted octanol–water partition coefficient (Wildman–Crippen LogP) is 0.799. The molecule has 0 radical (unpaired) electrons. The van der Waals surface area contributed by atoms with E-state index in [1.165, 1.54) is 0 Å². The number of hydrogen-bond acceptors (Lipinski definition) is 3. The zero-order valence-corrected chi connectivity index (χ0v) is 7.47. The molecule has 0 fully saturated rings. The SMILES string of the molecule is CCN(CC)C(C)O.OCl. The maximum absolute atomic E-state index is 8.94. The van der Waals surface area contributed by atoms with Gasteiger partial charge in [-0.1, -0.05) is 13.8 Å². The smallest absolute Gasteiger partial charge is 0.104 e. The van der Waals surface area contributed by atoms with Crippen LogP contribution in [0.1, 0.15) is 20.8 Å². The highest BCUT2D eigenvalue weighted by molar-refractivity contribution is 6.04. The molecule has 0 aromatic rings. The van der Waals surface area contributed by atoms with Crippen molar-refractivity contribution >= 4 is 11.9 Å². The molecule has 0 amide bonds. The Hall–Kier alpha value is 0.170. The van der Waals surface area contributed by atoms with Gasteiger partial charge in [-0.3, -0.25) is 9.56 Å². The summed E-state index contributed by atoms with van der Waals surface area (Å²) >= 11 is 3.64. The van der Waals surface area contributed by atoms with Gasteiger partial charge in [0.25, 0.3) is 0 Å². The highest BCUT2D eigenvalue weighted by Gasteiger charge is 2.02. The summed E-state index contributed by atoms with van der Waals surface area (Å²) in [5, 5.41) is 8.94. The van der Waals surface area contributed by atoms with Crippen LogP contribution in [0.25, 0.3) is 0 Å². The zero-order chi connectivity index (χ0) is 8.57. The van der Waals surface area contributed by atoms with Crippen LogP contribution >= 0.6 is 11.9 Å². The van der Waals surface area contributed by atoms with Gasteiger partial charge < -0.3 is 5.11 Å². The minimum absolute atomic E-state index is 0.287. The zero-order valence-electron chi connectivity index (χ0n) is 6.71. The first kappa shape index (κ1) is 12.8. The van der Waals surface area contributed by atoms with Crippen LogP contribution in [-0.4, -0.2) is 34.0 Å². The lowest BCUT2D eigenvalue weighted by Gasteiger charge is -2.20. The van der Waals surface area contributed by atoms with Crippen molar-refractivity contribution in [2.24, 2.45) is 0 Å². The maximum Gasteiger partial charge on any atom is 0.104 e.